The van der Waals surface area contributed by atoms with Crippen molar-refractivity contribution in [1.82, 2.24) is 9.80 Å². The predicted octanol–water partition coefficient (Wildman–Crippen LogP) is 1.18. The van der Waals surface area contributed by atoms with Crippen LogP contribution in [0.15, 0.2) is 24.3 Å². The number of rotatable bonds is 1. The Morgan fingerprint density at radius 3 is 2.68 bits per heavy atom. The molecule has 1 atom stereocenters. The third-order valence-electron chi connectivity index (χ3n) is 4.26. The molecule has 2 heterocycles. The minimum Gasteiger partial charge on any atom is -0.373 e. The van der Waals surface area contributed by atoms with Gasteiger partial charge >= 0.3 is 0 Å². The lowest BCUT2D eigenvalue weighted by atomic mass is 9.84. The van der Waals surface area contributed by atoms with E-state index >= 15 is 0 Å². The topological polar surface area (TPSA) is 39.5 Å². The number of hydrogen-bond donors (Lipinski definition) is 0. The molecule has 1 unspecified atom stereocenters. The zero-order valence-corrected chi connectivity index (χ0v) is 11.3. The molecule has 0 saturated carbocycles. The van der Waals surface area contributed by atoms with Crippen molar-refractivity contribution in [2.45, 2.75) is 12.1 Å². The number of hydrogen-bond acceptors (Lipinski definition) is 4. The van der Waals surface area contributed by atoms with E-state index in [0.29, 0.717) is 13.2 Å². The standard InChI is InChI=1S/C15H19N3O/c1-17-6-8-18(9-7-17)15(11-16)12-19-10-13-4-2-3-5-14(13)15/h2-5H,6-10,12H2,1H3. The van der Waals surface area contributed by atoms with E-state index in [9.17, 15) is 5.26 Å². The third kappa shape index (κ3) is 2.04. The van der Waals surface area contributed by atoms with E-state index in [-0.39, 0.29) is 0 Å². The van der Waals surface area contributed by atoms with Crippen LogP contribution in [-0.2, 0) is 16.9 Å². The number of nitriles is 1. The maximum atomic E-state index is 9.82. The Kier molecular flexibility index (Phi) is 3.28. The molecule has 0 radical (unpaired) electrons. The Labute approximate surface area is 114 Å². The van der Waals surface area contributed by atoms with E-state index in [4.69, 9.17) is 4.74 Å². The summed E-state index contributed by atoms with van der Waals surface area (Å²) < 4.78 is 5.71. The largest absolute Gasteiger partial charge is 0.373 e. The Bertz CT molecular complexity index is 502. The van der Waals surface area contributed by atoms with Crippen LogP contribution in [0.4, 0.5) is 0 Å². The minimum absolute atomic E-state index is 0.476. The lowest BCUT2D eigenvalue weighted by Gasteiger charge is -2.45. The predicted molar refractivity (Wildman–Crippen MR) is 72.5 cm³/mol. The van der Waals surface area contributed by atoms with Gasteiger partial charge in [0.15, 0.2) is 5.54 Å². The maximum absolute atomic E-state index is 9.82. The fraction of sp³-hybridized carbons (Fsp3) is 0.533. The van der Waals surface area contributed by atoms with Crippen LogP contribution in [0.3, 0.4) is 0 Å². The van der Waals surface area contributed by atoms with E-state index in [1.54, 1.807) is 0 Å². The van der Waals surface area contributed by atoms with Gasteiger partial charge in [0, 0.05) is 26.2 Å². The number of piperazine rings is 1. The van der Waals surface area contributed by atoms with Gasteiger partial charge in [-0.05, 0) is 18.2 Å². The number of fused-ring (bicyclic) bond motifs is 1. The van der Waals surface area contributed by atoms with Gasteiger partial charge in [0.25, 0.3) is 0 Å². The molecule has 1 fully saturated rings. The molecule has 1 aromatic carbocycles. The Balaban J connectivity index is 1.99. The summed E-state index contributed by atoms with van der Waals surface area (Å²) in [5.74, 6) is 0. The molecule has 0 spiro atoms. The SMILES string of the molecule is CN1CCN(C2(C#N)COCc3ccccc32)CC1. The molecule has 100 valence electrons. The molecule has 2 aliphatic rings. The fourth-order valence-electron chi connectivity index (χ4n) is 3.05. The smallest absolute Gasteiger partial charge is 0.158 e. The monoisotopic (exact) mass is 257 g/mol. The Hall–Kier alpha value is -1.41. The average molecular weight is 257 g/mol. The molecule has 0 aromatic heterocycles. The van der Waals surface area contributed by atoms with Crippen molar-refractivity contribution in [3.8, 4) is 6.07 Å². The molecule has 2 aliphatic heterocycles. The number of benzene rings is 1. The highest BCUT2D eigenvalue weighted by Crippen LogP contribution is 2.35. The Morgan fingerprint density at radius 1 is 1.21 bits per heavy atom. The molecule has 4 nitrogen and oxygen atoms in total. The minimum atomic E-state index is -0.601. The van der Waals surface area contributed by atoms with Crippen molar-refractivity contribution < 1.29 is 4.74 Å². The molecule has 0 bridgehead atoms. The molecule has 3 rings (SSSR count). The van der Waals surface area contributed by atoms with E-state index in [0.717, 1.165) is 37.3 Å². The van der Waals surface area contributed by atoms with Crippen LogP contribution in [0.25, 0.3) is 0 Å². The van der Waals surface area contributed by atoms with Crippen LogP contribution in [0, 0.1) is 11.3 Å². The second-order valence-corrected chi connectivity index (χ2v) is 5.41. The summed E-state index contributed by atoms with van der Waals surface area (Å²) in [6.07, 6.45) is 0. The number of ether oxygens (including phenoxy) is 1. The normalized spacial score (nSPS) is 28.6. The van der Waals surface area contributed by atoms with E-state index in [1.165, 1.54) is 0 Å². The first-order valence-corrected chi connectivity index (χ1v) is 6.77. The molecule has 0 aliphatic carbocycles. The van der Waals surface area contributed by atoms with Crippen molar-refractivity contribution in [2.24, 2.45) is 0 Å². The second kappa shape index (κ2) is 4.93. The van der Waals surface area contributed by atoms with Crippen molar-refractivity contribution in [1.29, 1.82) is 5.26 Å². The van der Waals surface area contributed by atoms with E-state index in [1.807, 2.05) is 12.1 Å². The van der Waals surface area contributed by atoms with Crippen LogP contribution in [0.1, 0.15) is 11.1 Å². The molecule has 0 N–H and O–H groups in total. The summed E-state index contributed by atoms with van der Waals surface area (Å²) in [5, 5.41) is 9.82. The van der Waals surface area contributed by atoms with E-state index < -0.39 is 5.54 Å². The van der Waals surface area contributed by atoms with Gasteiger partial charge in [-0.25, -0.2) is 0 Å². The van der Waals surface area contributed by atoms with Gasteiger partial charge in [0.05, 0.1) is 19.3 Å². The van der Waals surface area contributed by atoms with Crippen LogP contribution in [-0.4, -0.2) is 49.6 Å². The first-order valence-electron chi connectivity index (χ1n) is 6.77. The van der Waals surface area contributed by atoms with Gasteiger partial charge in [0.1, 0.15) is 0 Å². The van der Waals surface area contributed by atoms with Crippen LogP contribution >= 0.6 is 0 Å². The van der Waals surface area contributed by atoms with Gasteiger partial charge in [0.2, 0.25) is 0 Å². The fourth-order valence-corrected chi connectivity index (χ4v) is 3.05. The molecular formula is C15H19N3O. The molecule has 19 heavy (non-hydrogen) atoms. The summed E-state index contributed by atoms with van der Waals surface area (Å²) in [4.78, 5) is 4.59. The summed E-state index contributed by atoms with van der Waals surface area (Å²) in [7, 11) is 2.13. The van der Waals surface area contributed by atoms with Gasteiger partial charge in [-0.3, -0.25) is 4.90 Å². The number of likely N-dealkylation sites (N-methyl/N-ethyl adjacent to an activating group) is 1. The average Bonchev–Trinajstić information content (AvgIpc) is 2.47. The van der Waals surface area contributed by atoms with Gasteiger partial charge in [-0.15, -0.1) is 0 Å². The summed E-state index contributed by atoms with van der Waals surface area (Å²) in [6.45, 7) is 4.94. The lowest BCUT2D eigenvalue weighted by molar-refractivity contribution is -0.0221. The first kappa shape index (κ1) is 12.6. The summed E-state index contributed by atoms with van der Waals surface area (Å²) in [5.41, 5.74) is 1.68. The van der Waals surface area contributed by atoms with Gasteiger partial charge < -0.3 is 9.64 Å². The van der Waals surface area contributed by atoms with Crippen LogP contribution < -0.4 is 0 Å². The van der Waals surface area contributed by atoms with Crippen LogP contribution in [0.5, 0.6) is 0 Å². The molecular weight excluding hydrogens is 238 g/mol. The molecule has 4 heteroatoms. The lowest BCUT2D eigenvalue weighted by Crippen LogP contribution is -2.57. The Morgan fingerprint density at radius 2 is 1.95 bits per heavy atom. The zero-order chi connectivity index (χ0) is 13.3. The third-order valence-corrected chi connectivity index (χ3v) is 4.26. The molecule has 0 amide bonds. The van der Waals surface area contributed by atoms with E-state index in [2.05, 4.69) is 35.0 Å². The summed E-state index contributed by atoms with van der Waals surface area (Å²) in [6, 6.07) is 10.7. The first-order chi connectivity index (χ1) is 9.26. The van der Waals surface area contributed by atoms with Crippen molar-refractivity contribution in [3.63, 3.8) is 0 Å². The maximum Gasteiger partial charge on any atom is 0.158 e. The summed E-state index contributed by atoms with van der Waals surface area (Å²) >= 11 is 0. The van der Waals surface area contributed by atoms with Gasteiger partial charge in [-0.2, -0.15) is 5.26 Å². The highest BCUT2D eigenvalue weighted by atomic mass is 16.5. The van der Waals surface area contributed by atoms with Crippen LogP contribution in [0.2, 0.25) is 0 Å². The zero-order valence-electron chi connectivity index (χ0n) is 11.3. The quantitative estimate of drug-likeness (QED) is 0.757. The van der Waals surface area contributed by atoms with Crippen molar-refractivity contribution >= 4 is 0 Å². The van der Waals surface area contributed by atoms with Crippen molar-refractivity contribution in [2.75, 3.05) is 39.8 Å². The molecule has 1 saturated heterocycles. The number of nitrogens with zero attached hydrogens (tertiary/aromatic N) is 3. The van der Waals surface area contributed by atoms with Gasteiger partial charge in [-0.1, -0.05) is 24.3 Å². The van der Waals surface area contributed by atoms with Crippen molar-refractivity contribution in [3.05, 3.63) is 35.4 Å². The second-order valence-electron chi connectivity index (χ2n) is 5.41. The molecule has 1 aromatic rings. The highest BCUT2D eigenvalue weighted by Gasteiger charge is 2.43. The highest BCUT2D eigenvalue weighted by molar-refractivity contribution is 5.40.